The van der Waals surface area contributed by atoms with Crippen molar-refractivity contribution in [2.45, 2.75) is 45.7 Å². The molecule has 1 aliphatic heterocycles. The second-order valence-electron chi connectivity index (χ2n) is 10.5. The molecule has 1 saturated heterocycles. The lowest BCUT2D eigenvalue weighted by Gasteiger charge is -2.29. The van der Waals surface area contributed by atoms with Gasteiger partial charge in [0.25, 0.3) is 0 Å². The van der Waals surface area contributed by atoms with E-state index >= 15 is 0 Å². The minimum absolute atomic E-state index is 0.0208. The van der Waals surface area contributed by atoms with E-state index in [-0.39, 0.29) is 23.9 Å². The number of nitrogens with two attached hydrogens (primary N) is 1. The van der Waals surface area contributed by atoms with Gasteiger partial charge in [-0.25, -0.2) is 9.78 Å². The Hall–Kier alpha value is -4.52. The van der Waals surface area contributed by atoms with Gasteiger partial charge >= 0.3 is 6.09 Å². The lowest BCUT2D eigenvalue weighted by atomic mass is 10.1. The number of carbonyl (C=O) groups is 1. The minimum Gasteiger partial charge on any atom is -0.507 e. The molecule has 0 spiro atoms. The summed E-state index contributed by atoms with van der Waals surface area (Å²) in [5, 5.41) is 21.4. The molecule has 1 amide bonds. The van der Waals surface area contributed by atoms with Gasteiger partial charge in [0.1, 0.15) is 11.4 Å². The third-order valence-electron chi connectivity index (χ3n) is 6.33. The highest BCUT2D eigenvalue weighted by molar-refractivity contribution is 5.74. The number of benzene rings is 1. The number of pyridine rings is 1. The average molecular weight is 530 g/mol. The van der Waals surface area contributed by atoms with E-state index in [4.69, 9.17) is 10.5 Å². The first-order valence-electron chi connectivity index (χ1n) is 12.9. The summed E-state index contributed by atoms with van der Waals surface area (Å²) in [5.74, 6) is 6.35. The normalized spacial score (nSPS) is 15.6. The van der Waals surface area contributed by atoms with Crippen molar-refractivity contribution in [2.24, 2.45) is 0 Å². The van der Waals surface area contributed by atoms with Gasteiger partial charge in [0, 0.05) is 48.7 Å². The Morgan fingerprint density at radius 1 is 1.18 bits per heavy atom. The molecule has 0 unspecified atom stereocenters. The summed E-state index contributed by atoms with van der Waals surface area (Å²) >= 11 is 0. The second-order valence-corrected chi connectivity index (χ2v) is 10.5. The maximum atomic E-state index is 11.8. The number of anilines is 3. The fraction of sp³-hybridized carbons (Fsp3) is 0.379. The van der Waals surface area contributed by atoms with E-state index in [0.717, 1.165) is 37.4 Å². The number of nitrogen functional groups attached to an aromatic ring is 1. The summed E-state index contributed by atoms with van der Waals surface area (Å²) < 4.78 is 5.13. The first kappa shape index (κ1) is 27.5. The lowest BCUT2D eigenvalue weighted by molar-refractivity contribution is 0.151. The van der Waals surface area contributed by atoms with Crippen LogP contribution >= 0.6 is 0 Å². The number of phenolic OH excluding ortho intramolecular Hbond substituents is 1. The molecule has 10 nitrogen and oxygen atoms in total. The number of alkyl carbamates (subject to hydrolysis) is 1. The SMILES string of the molecule is C[C@@H]1CCN(c2cc(-c3ccccc3O)nnc2N)CCN1c1ccnc(C#CCOC(=O)NC(C)(C)C)c1. The highest BCUT2D eigenvalue weighted by Gasteiger charge is 2.24. The van der Waals surface area contributed by atoms with Gasteiger partial charge in [-0.1, -0.05) is 18.1 Å². The summed E-state index contributed by atoms with van der Waals surface area (Å²) in [7, 11) is 0. The number of rotatable bonds is 4. The van der Waals surface area contributed by atoms with Crippen LogP contribution in [0.15, 0.2) is 48.7 Å². The van der Waals surface area contributed by atoms with Crippen molar-refractivity contribution in [3.63, 3.8) is 0 Å². The van der Waals surface area contributed by atoms with Gasteiger partial charge in [0.2, 0.25) is 0 Å². The van der Waals surface area contributed by atoms with Crippen molar-refractivity contribution in [1.29, 1.82) is 0 Å². The molecule has 3 heterocycles. The van der Waals surface area contributed by atoms with E-state index in [1.54, 1.807) is 18.3 Å². The van der Waals surface area contributed by atoms with Crippen molar-refractivity contribution >= 4 is 23.3 Å². The molecule has 0 aliphatic carbocycles. The molecule has 1 aromatic carbocycles. The molecule has 2 aromatic heterocycles. The number of ether oxygens (including phenoxy) is 1. The van der Waals surface area contributed by atoms with Crippen molar-refractivity contribution in [1.82, 2.24) is 20.5 Å². The van der Waals surface area contributed by atoms with Gasteiger partial charge in [0.05, 0.1) is 11.4 Å². The Labute approximate surface area is 229 Å². The van der Waals surface area contributed by atoms with Crippen LogP contribution in [0.25, 0.3) is 11.3 Å². The van der Waals surface area contributed by atoms with Crippen molar-refractivity contribution in [2.75, 3.05) is 41.8 Å². The predicted molar refractivity (Wildman–Crippen MR) is 153 cm³/mol. The van der Waals surface area contributed by atoms with Crippen LogP contribution in [0.5, 0.6) is 5.75 Å². The Kier molecular flexibility index (Phi) is 8.39. The molecule has 4 rings (SSSR count). The molecule has 1 atom stereocenters. The van der Waals surface area contributed by atoms with Crippen LogP contribution in [0.2, 0.25) is 0 Å². The number of nitrogens with one attached hydrogen (secondary N) is 1. The zero-order valence-corrected chi connectivity index (χ0v) is 22.8. The predicted octanol–water partition coefficient (Wildman–Crippen LogP) is 3.81. The molecule has 4 N–H and O–H groups in total. The van der Waals surface area contributed by atoms with Crippen molar-refractivity contribution < 1.29 is 14.6 Å². The number of aromatic nitrogens is 3. The van der Waals surface area contributed by atoms with Gasteiger partial charge in [-0.05, 0) is 70.4 Å². The fourth-order valence-electron chi connectivity index (χ4n) is 4.39. The average Bonchev–Trinajstić information content (AvgIpc) is 3.08. The van der Waals surface area contributed by atoms with Crippen LogP contribution in [0.3, 0.4) is 0 Å². The van der Waals surface area contributed by atoms with Crippen LogP contribution in [-0.4, -0.2) is 64.2 Å². The molecule has 0 bridgehead atoms. The number of phenols is 1. The first-order chi connectivity index (χ1) is 18.6. The quantitative estimate of drug-likeness (QED) is 0.432. The van der Waals surface area contributed by atoms with E-state index in [1.807, 2.05) is 51.1 Å². The van der Waals surface area contributed by atoms with E-state index in [1.165, 1.54) is 0 Å². The smallest absolute Gasteiger partial charge is 0.408 e. The van der Waals surface area contributed by atoms with Gasteiger partial charge in [0.15, 0.2) is 12.4 Å². The molecule has 0 saturated carbocycles. The number of hydrogen-bond donors (Lipinski definition) is 3. The zero-order valence-electron chi connectivity index (χ0n) is 22.8. The molecule has 1 aliphatic rings. The molecular formula is C29H35N7O3. The second kappa shape index (κ2) is 11.9. The maximum Gasteiger partial charge on any atom is 0.408 e. The molecule has 10 heteroatoms. The Morgan fingerprint density at radius 2 is 1.97 bits per heavy atom. The molecule has 0 radical (unpaired) electrons. The number of amides is 1. The van der Waals surface area contributed by atoms with Crippen LogP contribution in [0.4, 0.5) is 22.0 Å². The van der Waals surface area contributed by atoms with Gasteiger partial charge in [-0.15, -0.1) is 10.2 Å². The monoisotopic (exact) mass is 529 g/mol. The van der Waals surface area contributed by atoms with Crippen LogP contribution < -0.4 is 20.9 Å². The summed E-state index contributed by atoms with van der Waals surface area (Å²) in [6.45, 7) is 10.1. The number of carbonyl (C=O) groups excluding carboxylic acids is 1. The molecule has 1 fully saturated rings. The Balaban J connectivity index is 1.45. The number of aromatic hydroxyl groups is 1. The van der Waals surface area contributed by atoms with Crippen molar-refractivity contribution in [3.05, 3.63) is 54.4 Å². The number of para-hydroxylation sites is 1. The minimum atomic E-state index is -0.501. The number of hydrogen-bond acceptors (Lipinski definition) is 9. The molecule has 204 valence electrons. The highest BCUT2D eigenvalue weighted by atomic mass is 16.5. The largest absolute Gasteiger partial charge is 0.507 e. The molecule has 3 aromatic rings. The van der Waals surface area contributed by atoms with Gasteiger partial charge < -0.3 is 30.7 Å². The van der Waals surface area contributed by atoms with Crippen LogP contribution in [0, 0.1) is 11.8 Å². The third-order valence-corrected chi connectivity index (χ3v) is 6.33. The third kappa shape index (κ3) is 7.29. The van der Waals surface area contributed by atoms with Crippen molar-refractivity contribution in [3.8, 4) is 28.8 Å². The van der Waals surface area contributed by atoms with E-state index in [2.05, 4.69) is 49.1 Å². The van der Waals surface area contributed by atoms with Crippen LogP contribution in [-0.2, 0) is 4.74 Å². The van der Waals surface area contributed by atoms with E-state index < -0.39 is 6.09 Å². The maximum absolute atomic E-state index is 11.8. The standard InChI is InChI=1S/C29H35N7O3/c1-20-12-14-35(25-19-24(33-34-27(25)30)23-9-5-6-10-26(23)37)15-16-36(20)22-11-13-31-21(18-22)8-7-17-39-28(38)32-29(2,3)4/h5-6,9-11,13,18-20,37H,12,14-17H2,1-4H3,(H2,30,34)(H,32,38)/t20-/m1/s1. The first-order valence-corrected chi connectivity index (χ1v) is 12.9. The summed E-state index contributed by atoms with van der Waals surface area (Å²) in [6.07, 6.45) is 2.14. The summed E-state index contributed by atoms with van der Waals surface area (Å²) in [5.41, 5.74) is 9.49. The number of nitrogens with zero attached hydrogens (tertiary/aromatic N) is 5. The summed E-state index contributed by atoms with van der Waals surface area (Å²) in [4.78, 5) is 20.7. The molecule has 39 heavy (non-hydrogen) atoms. The summed E-state index contributed by atoms with van der Waals surface area (Å²) in [6, 6.07) is 13.1. The van der Waals surface area contributed by atoms with Gasteiger partial charge in [-0.3, -0.25) is 0 Å². The van der Waals surface area contributed by atoms with E-state index in [0.29, 0.717) is 22.8 Å². The molecular weight excluding hydrogens is 494 g/mol. The topological polar surface area (TPSA) is 130 Å². The van der Waals surface area contributed by atoms with Crippen LogP contribution in [0.1, 0.15) is 39.8 Å². The Bertz CT molecular complexity index is 1380. The fourth-order valence-corrected chi connectivity index (χ4v) is 4.39. The van der Waals surface area contributed by atoms with Gasteiger partial charge in [-0.2, -0.15) is 0 Å². The lowest BCUT2D eigenvalue weighted by Crippen LogP contribution is -2.40. The zero-order chi connectivity index (χ0) is 28.0. The highest BCUT2D eigenvalue weighted by Crippen LogP contribution is 2.32. The Morgan fingerprint density at radius 3 is 2.74 bits per heavy atom. The van der Waals surface area contributed by atoms with E-state index in [9.17, 15) is 9.90 Å².